The van der Waals surface area contributed by atoms with Gasteiger partial charge in [0.15, 0.2) is 0 Å². The molecule has 1 aromatic carbocycles. The third-order valence-electron chi connectivity index (χ3n) is 2.72. The molecule has 100 valence electrons. The van der Waals surface area contributed by atoms with Crippen molar-refractivity contribution in [2.24, 2.45) is 0 Å². The van der Waals surface area contributed by atoms with Crippen LogP contribution in [-0.2, 0) is 0 Å². The first-order valence-electron chi connectivity index (χ1n) is 6.18. The Kier molecular flexibility index (Phi) is 4.23. The highest BCUT2D eigenvalue weighted by Gasteiger charge is 2.37. The number of carboxylic acid groups (broad SMARTS) is 1. The van der Waals surface area contributed by atoms with Crippen molar-refractivity contribution in [2.45, 2.75) is 51.9 Å². The summed E-state index contributed by atoms with van der Waals surface area (Å²) >= 11 is 0. The van der Waals surface area contributed by atoms with Gasteiger partial charge in [-0.05, 0) is 21.7 Å². The van der Waals surface area contributed by atoms with Gasteiger partial charge in [0, 0.05) is 0 Å². The van der Waals surface area contributed by atoms with Crippen LogP contribution in [0.25, 0.3) is 0 Å². The second-order valence-electron chi connectivity index (χ2n) is 6.50. The fraction of sp³-hybridized carbons (Fsp3) is 0.533. The lowest BCUT2D eigenvalue weighted by atomic mass is 10.2. The summed E-state index contributed by atoms with van der Waals surface area (Å²) in [6.45, 7) is 13.2. The summed E-state index contributed by atoms with van der Waals surface area (Å²) in [6, 6.07) is 7.43. The van der Waals surface area contributed by atoms with Gasteiger partial charge < -0.3 is 5.11 Å². The van der Waals surface area contributed by atoms with Crippen molar-refractivity contribution in [3.63, 3.8) is 0 Å². The molecule has 0 aromatic heterocycles. The van der Waals surface area contributed by atoms with Crippen LogP contribution >= 0.6 is 7.92 Å². The van der Waals surface area contributed by atoms with Crippen LogP contribution in [-0.4, -0.2) is 21.4 Å². The number of rotatable bonds is 2. The molecule has 18 heavy (non-hydrogen) atoms. The smallest absolute Gasteiger partial charge is 0.336 e. The van der Waals surface area contributed by atoms with Crippen LogP contribution in [0, 0.1) is 0 Å². The Bertz CT molecular complexity index is 425. The summed E-state index contributed by atoms with van der Waals surface area (Å²) < 4.78 is 0. The summed E-state index contributed by atoms with van der Waals surface area (Å²) in [5.41, 5.74) is 0.452. The van der Waals surface area contributed by atoms with Gasteiger partial charge in [-0.25, -0.2) is 4.79 Å². The van der Waals surface area contributed by atoms with E-state index in [4.69, 9.17) is 0 Å². The quantitative estimate of drug-likeness (QED) is 0.819. The maximum absolute atomic E-state index is 11.4. The van der Waals surface area contributed by atoms with Crippen LogP contribution < -0.4 is 5.30 Å². The van der Waals surface area contributed by atoms with E-state index < -0.39 is 13.9 Å². The lowest BCUT2D eigenvalue weighted by Crippen LogP contribution is -2.33. The van der Waals surface area contributed by atoms with Gasteiger partial charge in [0.1, 0.15) is 0 Å². The van der Waals surface area contributed by atoms with Gasteiger partial charge in [0.25, 0.3) is 0 Å². The van der Waals surface area contributed by atoms with Crippen molar-refractivity contribution in [1.29, 1.82) is 0 Å². The van der Waals surface area contributed by atoms with Crippen LogP contribution in [0.1, 0.15) is 51.9 Å². The normalized spacial score (nSPS) is 12.8. The van der Waals surface area contributed by atoms with Crippen molar-refractivity contribution >= 4 is 19.2 Å². The van der Waals surface area contributed by atoms with Crippen molar-refractivity contribution in [3.8, 4) is 0 Å². The molecule has 3 heteroatoms. The van der Waals surface area contributed by atoms with E-state index in [-0.39, 0.29) is 10.3 Å². The zero-order chi connectivity index (χ0) is 14.1. The molecule has 0 radical (unpaired) electrons. The van der Waals surface area contributed by atoms with Crippen LogP contribution in [0.15, 0.2) is 24.3 Å². The molecule has 0 bridgehead atoms. The molecule has 1 aromatic rings. The number of carboxylic acids is 1. The monoisotopic (exact) mass is 266 g/mol. The van der Waals surface area contributed by atoms with E-state index in [0.717, 1.165) is 5.30 Å². The highest BCUT2D eigenvalue weighted by atomic mass is 31.1. The molecule has 0 fully saturated rings. The Balaban J connectivity index is 3.45. The lowest BCUT2D eigenvalue weighted by Gasteiger charge is -2.42. The standard InChI is InChI=1S/C15H23O2P/c1-14(2,3)18(15(4,5)6)12-10-8-7-9-11(12)13(16)17/h7-10H,1-6H3,(H,16,17). The van der Waals surface area contributed by atoms with E-state index in [9.17, 15) is 9.90 Å². The molecule has 0 heterocycles. The maximum Gasteiger partial charge on any atom is 0.336 e. The van der Waals surface area contributed by atoms with E-state index >= 15 is 0 Å². The Morgan fingerprint density at radius 2 is 1.44 bits per heavy atom. The Morgan fingerprint density at radius 3 is 1.83 bits per heavy atom. The topological polar surface area (TPSA) is 37.3 Å². The van der Waals surface area contributed by atoms with Crippen molar-refractivity contribution in [1.82, 2.24) is 0 Å². The average molecular weight is 266 g/mol. The lowest BCUT2D eigenvalue weighted by molar-refractivity contribution is 0.0698. The van der Waals surface area contributed by atoms with E-state index in [2.05, 4.69) is 41.5 Å². The molecule has 0 aliphatic rings. The summed E-state index contributed by atoms with van der Waals surface area (Å²) in [5.74, 6) is -0.827. The van der Waals surface area contributed by atoms with Crippen molar-refractivity contribution in [3.05, 3.63) is 29.8 Å². The summed E-state index contributed by atoms with van der Waals surface area (Å²) in [7, 11) is -0.572. The Labute approximate surface area is 111 Å². The number of carbonyl (C=O) groups is 1. The fourth-order valence-corrected chi connectivity index (χ4v) is 6.68. The van der Waals surface area contributed by atoms with Gasteiger partial charge >= 0.3 is 5.97 Å². The molecule has 0 amide bonds. The zero-order valence-electron chi connectivity index (χ0n) is 12.1. The predicted molar refractivity (Wildman–Crippen MR) is 79.5 cm³/mol. The predicted octanol–water partition coefficient (Wildman–Crippen LogP) is 4.09. The molecule has 0 saturated heterocycles. The Hall–Kier alpha value is -0.880. The zero-order valence-corrected chi connectivity index (χ0v) is 13.0. The minimum Gasteiger partial charge on any atom is -0.478 e. The molecule has 1 rings (SSSR count). The molecule has 0 aliphatic heterocycles. The number of aromatic carboxylic acids is 1. The van der Waals surface area contributed by atoms with Crippen molar-refractivity contribution < 1.29 is 9.90 Å². The van der Waals surface area contributed by atoms with E-state index in [0.29, 0.717) is 5.56 Å². The average Bonchev–Trinajstić information content (AvgIpc) is 2.13. The summed E-state index contributed by atoms with van der Waals surface area (Å²) in [6.07, 6.45) is 0. The highest BCUT2D eigenvalue weighted by Crippen LogP contribution is 2.58. The molecule has 0 atom stereocenters. The Morgan fingerprint density at radius 1 is 1.00 bits per heavy atom. The van der Waals surface area contributed by atoms with Crippen LogP contribution in [0.4, 0.5) is 0 Å². The molecule has 0 aliphatic carbocycles. The second kappa shape index (κ2) is 5.01. The van der Waals surface area contributed by atoms with E-state index in [1.807, 2.05) is 12.1 Å². The van der Waals surface area contributed by atoms with Crippen molar-refractivity contribution in [2.75, 3.05) is 0 Å². The van der Waals surface area contributed by atoms with Gasteiger partial charge in [-0.3, -0.25) is 0 Å². The van der Waals surface area contributed by atoms with Gasteiger partial charge in [-0.1, -0.05) is 67.7 Å². The molecular weight excluding hydrogens is 243 g/mol. The molecular formula is C15H23O2P. The van der Waals surface area contributed by atoms with E-state index in [1.165, 1.54) is 0 Å². The second-order valence-corrected chi connectivity index (χ2v) is 10.3. The molecule has 0 spiro atoms. The maximum atomic E-state index is 11.4. The first kappa shape index (κ1) is 15.2. The fourth-order valence-electron chi connectivity index (χ4n) is 2.58. The third-order valence-corrected chi connectivity index (χ3v) is 6.27. The number of hydrogen-bond donors (Lipinski definition) is 1. The molecule has 0 saturated carbocycles. The van der Waals surface area contributed by atoms with Gasteiger partial charge in [-0.2, -0.15) is 0 Å². The summed E-state index contributed by atoms with van der Waals surface area (Å²) in [5, 5.41) is 10.5. The number of hydrogen-bond acceptors (Lipinski definition) is 1. The number of benzene rings is 1. The van der Waals surface area contributed by atoms with Gasteiger partial charge in [0.05, 0.1) is 5.56 Å². The third kappa shape index (κ3) is 3.32. The minimum atomic E-state index is -0.827. The molecule has 2 nitrogen and oxygen atoms in total. The van der Waals surface area contributed by atoms with Crippen LogP contribution in [0.5, 0.6) is 0 Å². The molecule has 0 unspecified atom stereocenters. The SMILES string of the molecule is CC(C)(C)P(c1ccccc1C(=O)O)C(C)(C)C. The minimum absolute atomic E-state index is 0.0825. The van der Waals surface area contributed by atoms with E-state index in [1.54, 1.807) is 12.1 Å². The van der Waals surface area contributed by atoms with Crippen LogP contribution in [0.2, 0.25) is 0 Å². The largest absolute Gasteiger partial charge is 0.478 e. The first-order valence-corrected chi connectivity index (χ1v) is 7.52. The van der Waals surface area contributed by atoms with Gasteiger partial charge in [-0.15, -0.1) is 0 Å². The summed E-state index contributed by atoms with van der Waals surface area (Å²) in [4.78, 5) is 11.4. The highest BCUT2D eigenvalue weighted by molar-refractivity contribution is 7.68. The first-order chi connectivity index (χ1) is 8.05. The van der Waals surface area contributed by atoms with Gasteiger partial charge in [0.2, 0.25) is 0 Å². The molecule has 1 N–H and O–H groups in total. The van der Waals surface area contributed by atoms with Crippen LogP contribution in [0.3, 0.4) is 0 Å².